The number of nitrogens with one attached hydrogen (secondary N) is 4. The molecular weight excluding hydrogens is 498 g/mol. The van der Waals surface area contributed by atoms with Crippen LogP contribution in [0, 0.1) is 0 Å². The highest BCUT2D eigenvalue weighted by molar-refractivity contribution is 6.02. The molecule has 0 unspecified atom stereocenters. The molecule has 8 rings (SSSR count). The second-order valence-corrected chi connectivity index (χ2v) is 11.2. The number of fused-ring (bicyclic) bond motifs is 10. The lowest BCUT2D eigenvalue weighted by atomic mass is 9.72. The highest BCUT2D eigenvalue weighted by Gasteiger charge is 2.57. The summed E-state index contributed by atoms with van der Waals surface area (Å²) in [7, 11) is 0. The maximum Gasteiger partial charge on any atom is 0.255 e. The van der Waals surface area contributed by atoms with E-state index in [9.17, 15) is 4.79 Å². The maximum atomic E-state index is 14.3. The van der Waals surface area contributed by atoms with Gasteiger partial charge in [0.15, 0.2) is 0 Å². The Bertz CT molecular complexity index is 1560. The normalized spacial score (nSPS) is 17.6. The minimum absolute atomic E-state index is 0.0720. The van der Waals surface area contributed by atoms with E-state index in [1.165, 1.54) is 11.1 Å². The molecule has 0 radical (unpaired) electrons. The van der Waals surface area contributed by atoms with Gasteiger partial charge in [0.05, 0.1) is 0 Å². The van der Waals surface area contributed by atoms with E-state index >= 15 is 0 Å². The third-order valence-electron chi connectivity index (χ3n) is 9.03. The van der Waals surface area contributed by atoms with Gasteiger partial charge in [-0.15, -0.1) is 0 Å². The van der Waals surface area contributed by atoms with E-state index in [4.69, 9.17) is 4.74 Å². The van der Waals surface area contributed by atoms with E-state index in [-0.39, 0.29) is 5.91 Å². The van der Waals surface area contributed by atoms with Crippen LogP contribution in [0.5, 0.6) is 11.5 Å². The fourth-order valence-corrected chi connectivity index (χ4v) is 7.28. The summed E-state index contributed by atoms with van der Waals surface area (Å²) in [6.45, 7) is 3.89. The summed E-state index contributed by atoms with van der Waals surface area (Å²) in [5.41, 5.74) is 9.04. The fraction of sp³-hybridized carbons (Fsp3) is 0.303. The molecule has 0 bridgehead atoms. The predicted molar refractivity (Wildman–Crippen MR) is 156 cm³/mol. The lowest BCUT2D eigenvalue weighted by Crippen LogP contribution is -2.49. The van der Waals surface area contributed by atoms with Crippen LogP contribution >= 0.6 is 0 Å². The summed E-state index contributed by atoms with van der Waals surface area (Å²) in [4.78, 5) is 19.7. The molecule has 4 aliphatic rings. The lowest BCUT2D eigenvalue weighted by molar-refractivity contribution is 0.0667. The molecule has 0 saturated heterocycles. The van der Waals surface area contributed by atoms with Crippen LogP contribution in [-0.4, -0.2) is 42.0 Å². The van der Waals surface area contributed by atoms with Gasteiger partial charge < -0.3 is 30.6 Å². The molecule has 4 N–H and O–H groups in total. The van der Waals surface area contributed by atoms with E-state index in [0.29, 0.717) is 13.1 Å². The van der Waals surface area contributed by atoms with Crippen LogP contribution in [0.3, 0.4) is 0 Å². The first-order valence-electron chi connectivity index (χ1n) is 14.5. The fourth-order valence-electron chi connectivity index (χ4n) is 7.28. The largest absolute Gasteiger partial charge is 0.456 e. The monoisotopic (exact) mass is 531 g/mol. The van der Waals surface area contributed by atoms with E-state index in [0.717, 1.165) is 96.1 Å². The van der Waals surface area contributed by atoms with Crippen molar-refractivity contribution in [1.82, 2.24) is 15.2 Å². The molecule has 202 valence electrons. The Morgan fingerprint density at radius 3 is 2.20 bits per heavy atom. The smallest absolute Gasteiger partial charge is 0.255 e. The van der Waals surface area contributed by atoms with Crippen molar-refractivity contribution in [3.63, 3.8) is 0 Å². The Morgan fingerprint density at radius 1 is 0.825 bits per heavy atom. The van der Waals surface area contributed by atoms with E-state index in [1.54, 1.807) is 0 Å². The van der Waals surface area contributed by atoms with Crippen molar-refractivity contribution in [2.45, 2.75) is 37.8 Å². The first kappa shape index (κ1) is 23.6. The first-order chi connectivity index (χ1) is 19.8. The molecular formula is C33H33N5O2. The number of carbonyl (C=O) groups excluding carboxylic acids is 1. The number of aromatic nitrogens is 1. The molecule has 4 aromatic rings. The average molecular weight is 532 g/mol. The second kappa shape index (κ2) is 9.17. The van der Waals surface area contributed by atoms with Crippen molar-refractivity contribution in [3.8, 4) is 11.5 Å². The van der Waals surface area contributed by atoms with E-state index < -0.39 is 5.54 Å². The van der Waals surface area contributed by atoms with Crippen molar-refractivity contribution in [1.29, 1.82) is 0 Å². The minimum Gasteiger partial charge on any atom is -0.456 e. The summed E-state index contributed by atoms with van der Waals surface area (Å²) in [6, 6.07) is 21.0. The highest BCUT2D eigenvalue weighted by atomic mass is 16.5. The Hall–Kier alpha value is -4.23. The van der Waals surface area contributed by atoms with Gasteiger partial charge in [-0.1, -0.05) is 30.3 Å². The predicted octanol–water partition coefficient (Wildman–Crippen LogP) is 5.37. The van der Waals surface area contributed by atoms with Crippen molar-refractivity contribution in [2.24, 2.45) is 0 Å². The Balaban J connectivity index is 1.34. The third-order valence-corrected chi connectivity index (χ3v) is 9.03. The van der Waals surface area contributed by atoms with Gasteiger partial charge in [0, 0.05) is 83.8 Å². The van der Waals surface area contributed by atoms with Crippen LogP contribution < -0.4 is 20.7 Å². The van der Waals surface area contributed by atoms with Crippen LogP contribution in [0.15, 0.2) is 66.9 Å². The van der Waals surface area contributed by atoms with Gasteiger partial charge >= 0.3 is 0 Å². The van der Waals surface area contributed by atoms with Crippen molar-refractivity contribution in [3.05, 3.63) is 106 Å². The van der Waals surface area contributed by atoms with Crippen LogP contribution in [0.25, 0.3) is 0 Å². The number of amides is 1. The standard InChI is InChI=1S/C33H33N5O2/c39-32-22-7-1-2-10-25(22)33(38(32)19-18-34-20-21-6-3-15-35-21)26-11-13-28-23(8-4-16-36-28)30(26)40-31-24-9-5-17-37-29(24)14-12-27(31)33/h1-3,6-7,10-15,34-37H,4-5,8-9,16-20H2. The van der Waals surface area contributed by atoms with Crippen LogP contribution in [0.2, 0.25) is 0 Å². The summed E-state index contributed by atoms with van der Waals surface area (Å²) in [5, 5.41) is 10.7. The van der Waals surface area contributed by atoms with Gasteiger partial charge in [0.25, 0.3) is 5.91 Å². The topological polar surface area (TPSA) is 81.4 Å². The number of nitrogens with zero attached hydrogens (tertiary/aromatic N) is 1. The van der Waals surface area contributed by atoms with Gasteiger partial charge in [-0.2, -0.15) is 0 Å². The zero-order valence-electron chi connectivity index (χ0n) is 22.5. The van der Waals surface area contributed by atoms with Gasteiger partial charge in [-0.25, -0.2) is 0 Å². The molecule has 0 atom stereocenters. The molecule has 0 fully saturated rings. The molecule has 40 heavy (non-hydrogen) atoms. The van der Waals surface area contributed by atoms with Crippen molar-refractivity contribution in [2.75, 3.05) is 36.8 Å². The molecule has 1 spiro atoms. The highest BCUT2D eigenvalue weighted by Crippen LogP contribution is 2.60. The first-order valence-corrected chi connectivity index (χ1v) is 14.5. The molecule has 4 aliphatic heterocycles. The third kappa shape index (κ3) is 3.30. The van der Waals surface area contributed by atoms with Crippen molar-refractivity contribution < 1.29 is 9.53 Å². The van der Waals surface area contributed by atoms with E-state index in [1.807, 2.05) is 24.4 Å². The summed E-state index contributed by atoms with van der Waals surface area (Å²) < 4.78 is 7.00. The molecule has 0 saturated carbocycles. The lowest BCUT2D eigenvalue weighted by Gasteiger charge is -2.46. The summed E-state index contributed by atoms with van der Waals surface area (Å²) in [5.74, 6) is 1.91. The molecule has 5 heterocycles. The number of rotatable bonds is 5. The average Bonchev–Trinajstić information content (AvgIpc) is 3.61. The van der Waals surface area contributed by atoms with Gasteiger partial charge in [-0.05, 0) is 61.6 Å². The molecule has 1 amide bonds. The number of ether oxygens (including phenoxy) is 1. The number of hydrogen-bond acceptors (Lipinski definition) is 5. The van der Waals surface area contributed by atoms with Crippen LogP contribution in [0.1, 0.15) is 56.7 Å². The number of hydrogen-bond donors (Lipinski definition) is 4. The molecule has 7 nitrogen and oxygen atoms in total. The zero-order chi connectivity index (χ0) is 26.7. The molecule has 3 aromatic carbocycles. The quantitative estimate of drug-likeness (QED) is 0.260. The minimum atomic E-state index is -0.760. The Kier molecular flexibility index (Phi) is 5.42. The second-order valence-electron chi connectivity index (χ2n) is 11.2. The Morgan fingerprint density at radius 2 is 1.52 bits per heavy atom. The van der Waals surface area contributed by atoms with Gasteiger partial charge in [-0.3, -0.25) is 4.79 Å². The summed E-state index contributed by atoms with van der Waals surface area (Å²) >= 11 is 0. The van der Waals surface area contributed by atoms with Crippen LogP contribution in [-0.2, 0) is 24.9 Å². The molecule has 1 aromatic heterocycles. The zero-order valence-corrected chi connectivity index (χ0v) is 22.5. The van der Waals surface area contributed by atoms with Crippen LogP contribution in [0.4, 0.5) is 11.4 Å². The van der Waals surface area contributed by atoms with Crippen molar-refractivity contribution >= 4 is 17.3 Å². The number of carbonyl (C=O) groups is 1. The van der Waals surface area contributed by atoms with Gasteiger partial charge in [0.2, 0.25) is 0 Å². The SMILES string of the molecule is O=C1c2ccccc2C2(c3ccc4c(c3Oc3c2ccc2c3CCCN2)CCCN4)N1CCNCc1ccc[nH]1. The number of benzene rings is 3. The molecule has 0 aliphatic carbocycles. The number of aromatic amines is 1. The Labute approximate surface area is 233 Å². The number of H-pyrrole nitrogens is 1. The maximum absolute atomic E-state index is 14.3. The van der Waals surface area contributed by atoms with Gasteiger partial charge in [0.1, 0.15) is 17.0 Å². The molecule has 7 heteroatoms. The van der Waals surface area contributed by atoms with E-state index in [2.05, 4.69) is 68.3 Å². The number of anilines is 2. The summed E-state index contributed by atoms with van der Waals surface area (Å²) in [6.07, 6.45) is 5.97.